The number of carbonyl (C=O) groups is 1. The molecule has 8 heteroatoms. The molecular formula is C23H20N2O5S. The molecule has 0 bridgehead atoms. The first-order chi connectivity index (χ1) is 14.9. The van der Waals surface area contributed by atoms with Crippen molar-refractivity contribution in [2.75, 3.05) is 6.61 Å². The van der Waals surface area contributed by atoms with E-state index in [0.717, 1.165) is 5.56 Å². The normalized spacial score (nSPS) is 16.1. The molecule has 4 rings (SSSR count). The van der Waals surface area contributed by atoms with Crippen LogP contribution in [-0.4, -0.2) is 27.4 Å². The maximum atomic E-state index is 13.4. The van der Waals surface area contributed by atoms with Crippen molar-refractivity contribution in [3.63, 3.8) is 0 Å². The predicted molar refractivity (Wildman–Crippen MR) is 117 cm³/mol. The van der Waals surface area contributed by atoms with Gasteiger partial charge in [0.15, 0.2) is 4.80 Å². The Morgan fingerprint density at radius 3 is 2.35 bits per heavy atom. The number of allylic oxidation sites excluding steroid dienone is 1. The van der Waals surface area contributed by atoms with Crippen LogP contribution in [0.3, 0.4) is 0 Å². The summed E-state index contributed by atoms with van der Waals surface area (Å²) in [7, 11) is 0. The number of aromatic hydroxyl groups is 2. The number of carbonyl (C=O) groups excluding carboxylic acids is 1. The highest BCUT2D eigenvalue weighted by molar-refractivity contribution is 7.07. The standard InChI is InChI=1S/C23H20N2O5S/c1-3-30-22(29)19-13(2)24-23-25(20(19)15-6-10-17(27)11-7-15)21(28)18(31-23)12-14-4-8-16(26)9-5-14/h4-12,20,26-27H,3H2,1-2H3/b18-12-. The number of phenols is 2. The van der Waals surface area contributed by atoms with Crippen LogP contribution < -0.4 is 14.9 Å². The van der Waals surface area contributed by atoms with Gasteiger partial charge in [-0.25, -0.2) is 9.79 Å². The number of aromatic nitrogens is 1. The third-order valence-corrected chi connectivity index (χ3v) is 5.90. The van der Waals surface area contributed by atoms with Gasteiger partial charge in [0, 0.05) is 0 Å². The number of benzene rings is 2. The quantitative estimate of drug-likeness (QED) is 0.611. The van der Waals surface area contributed by atoms with Crippen LogP contribution in [0.5, 0.6) is 11.5 Å². The van der Waals surface area contributed by atoms with Crippen LogP contribution in [0, 0.1) is 0 Å². The molecule has 1 aromatic heterocycles. The van der Waals surface area contributed by atoms with Gasteiger partial charge in [-0.2, -0.15) is 0 Å². The summed E-state index contributed by atoms with van der Waals surface area (Å²) in [5.41, 5.74) is 1.90. The van der Waals surface area contributed by atoms with Crippen LogP contribution in [-0.2, 0) is 9.53 Å². The highest BCUT2D eigenvalue weighted by atomic mass is 32.1. The summed E-state index contributed by atoms with van der Waals surface area (Å²) in [6.07, 6.45) is 1.72. The highest BCUT2D eigenvalue weighted by Crippen LogP contribution is 2.31. The van der Waals surface area contributed by atoms with Gasteiger partial charge in [-0.05, 0) is 55.3 Å². The molecule has 1 atom stereocenters. The first-order valence-electron chi connectivity index (χ1n) is 9.66. The maximum absolute atomic E-state index is 13.4. The Balaban J connectivity index is 1.94. The Hall–Kier alpha value is -3.65. The second-order valence-corrected chi connectivity index (χ2v) is 7.99. The van der Waals surface area contributed by atoms with Crippen LogP contribution in [0.25, 0.3) is 6.08 Å². The average Bonchev–Trinajstić information content (AvgIpc) is 3.04. The predicted octanol–water partition coefficient (Wildman–Crippen LogP) is 2.21. The molecule has 2 N–H and O–H groups in total. The van der Waals surface area contributed by atoms with Crippen molar-refractivity contribution >= 4 is 23.4 Å². The zero-order chi connectivity index (χ0) is 22.1. The van der Waals surface area contributed by atoms with Crippen molar-refractivity contribution in [1.29, 1.82) is 0 Å². The molecule has 0 spiro atoms. The topological polar surface area (TPSA) is 101 Å². The van der Waals surface area contributed by atoms with Crippen LogP contribution in [0.15, 0.2) is 69.6 Å². The van der Waals surface area contributed by atoms with E-state index in [-0.39, 0.29) is 29.2 Å². The van der Waals surface area contributed by atoms with Crippen molar-refractivity contribution in [3.05, 3.63) is 90.6 Å². The molecule has 1 unspecified atom stereocenters. The first kappa shape index (κ1) is 20.6. The Morgan fingerprint density at radius 1 is 1.13 bits per heavy atom. The third kappa shape index (κ3) is 3.89. The Kier molecular flexibility index (Phi) is 5.48. The van der Waals surface area contributed by atoms with Gasteiger partial charge in [0.1, 0.15) is 11.5 Å². The van der Waals surface area contributed by atoms with E-state index >= 15 is 0 Å². The number of hydrogen-bond donors (Lipinski definition) is 2. The highest BCUT2D eigenvalue weighted by Gasteiger charge is 2.33. The van der Waals surface area contributed by atoms with E-state index in [0.29, 0.717) is 20.6 Å². The van der Waals surface area contributed by atoms with Gasteiger partial charge in [0.2, 0.25) is 0 Å². The number of fused-ring (bicyclic) bond motifs is 1. The van der Waals surface area contributed by atoms with Gasteiger partial charge < -0.3 is 14.9 Å². The Labute approximate surface area is 181 Å². The minimum absolute atomic E-state index is 0.0851. The van der Waals surface area contributed by atoms with E-state index in [1.54, 1.807) is 56.3 Å². The summed E-state index contributed by atoms with van der Waals surface area (Å²) >= 11 is 1.22. The molecule has 0 amide bonds. The van der Waals surface area contributed by atoms with E-state index < -0.39 is 12.0 Å². The summed E-state index contributed by atoms with van der Waals surface area (Å²) in [6, 6.07) is 12.2. The molecule has 7 nitrogen and oxygen atoms in total. The third-order valence-electron chi connectivity index (χ3n) is 4.92. The molecule has 0 aliphatic carbocycles. The molecule has 3 aromatic rings. The van der Waals surface area contributed by atoms with Crippen LogP contribution in [0.1, 0.15) is 31.0 Å². The van der Waals surface area contributed by atoms with Crippen LogP contribution in [0.2, 0.25) is 0 Å². The second-order valence-electron chi connectivity index (χ2n) is 6.99. The van der Waals surface area contributed by atoms with Crippen molar-refractivity contribution in [2.24, 2.45) is 4.99 Å². The summed E-state index contributed by atoms with van der Waals surface area (Å²) in [5, 5.41) is 19.2. The van der Waals surface area contributed by atoms with Gasteiger partial charge in [0.05, 0.1) is 28.5 Å². The summed E-state index contributed by atoms with van der Waals surface area (Å²) in [6.45, 7) is 3.64. The monoisotopic (exact) mass is 436 g/mol. The van der Waals surface area contributed by atoms with Gasteiger partial charge in [-0.3, -0.25) is 9.36 Å². The molecule has 1 aliphatic rings. The number of phenolic OH excluding ortho intramolecular Hbond substituents is 2. The second kappa shape index (κ2) is 8.23. The smallest absolute Gasteiger partial charge is 0.338 e. The lowest BCUT2D eigenvalue weighted by Gasteiger charge is -2.24. The lowest BCUT2D eigenvalue weighted by Crippen LogP contribution is -2.39. The largest absolute Gasteiger partial charge is 0.508 e. The molecule has 2 aromatic carbocycles. The minimum atomic E-state index is -0.724. The fourth-order valence-electron chi connectivity index (χ4n) is 3.49. The van der Waals surface area contributed by atoms with E-state index in [4.69, 9.17) is 4.74 Å². The summed E-state index contributed by atoms with van der Waals surface area (Å²) < 4.78 is 7.18. The number of nitrogens with zero attached hydrogens (tertiary/aromatic N) is 2. The number of esters is 1. The van der Waals surface area contributed by atoms with Crippen molar-refractivity contribution in [2.45, 2.75) is 19.9 Å². The van der Waals surface area contributed by atoms with Crippen LogP contribution >= 0.6 is 11.3 Å². The zero-order valence-corrected chi connectivity index (χ0v) is 17.7. The van der Waals surface area contributed by atoms with Gasteiger partial charge in [0.25, 0.3) is 5.56 Å². The average molecular weight is 436 g/mol. The molecule has 158 valence electrons. The van der Waals surface area contributed by atoms with Crippen molar-refractivity contribution in [1.82, 2.24) is 4.57 Å². The summed E-state index contributed by atoms with van der Waals surface area (Å²) in [5.74, 6) is -0.308. The van der Waals surface area contributed by atoms with E-state index in [1.807, 2.05) is 0 Å². The van der Waals surface area contributed by atoms with Gasteiger partial charge in [-0.1, -0.05) is 35.6 Å². The fourth-order valence-corrected chi connectivity index (χ4v) is 4.53. The Bertz CT molecular complexity index is 1350. The lowest BCUT2D eigenvalue weighted by atomic mass is 9.96. The van der Waals surface area contributed by atoms with E-state index in [9.17, 15) is 19.8 Å². The zero-order valence-electron chi connectivity index (χ0n) is 16.9. The van der Waals surface area contributed by atoms with E-state index in [1.165, 1.54) is 28.0 Å². The number of hydrogen-bond acceptors (Lipinski definition) is 7. The lowest BCUT2D eigenvalue weighted by molar-refractivity contribution is -0.139. The molecule has 0 radical (unpaired) electrons. The van der Waals surface area contributed by atoms with Gasteiger partial charge >= 0.3 is 5.97 Å². The van der Waals surface area contributed by atoms with Crippen molar-refractivity contribution < 1.29 is 19.7 Å². The SMILES string of the molecule is CCOC(=O)C1=C(C)N=c2s/c(=C\c3ccc(O)cc3)c(=O)n2C1c1ccc(O)cc1. The molecular weight excluding hydrogens is 416 g/mol. The molecule has 0 saturated heterocycles. The minimum Gasteiger partial charge on any atom is -0.508 e. The maximum Gasteiger partial charge on any atom is 0.338 e. The fraction of sp³-hybridized carbons (Fsp3) is 0.174. The Morgan fingerprint density at radius 2 is 1.74 bits per heavy atom. The molecule has 31 heavy (non-hydrogen) atoms. The van der Waals surface area contributed by atoms with Gasteiger partial charge in [-0.15, -0.1) is 0 Å². The summed E-state index contributed by atoms with van der Waals surface area (Å²) in [4.78, 5) is 31.1. The van der Waals surface area contributed by atoms with E-state index in [2.05, 4.69) is 4.99 Å². The molecule has 2 heterocycles. The number of rotatable bonds is 4. The molecule has 0 saturated carbocycles. The molecule has 1 aliphatic heterocycles. The van der Waals surface area contributed by atoms with Crippen LogP contribution in [0.4, 0.5) is 0 Å². The number of thiazole rings is 1. The van der Waals surface area contributed by atoms with Crippen molar-refractivity contribution in [3.8, 4) is 11.5 Å². The molecule has 0 fully saturated rings. The number of ether oxygens (including phenoxy) is 1. The first-order valence-corrected chi connectivity index (χ1v) is 10.5.